The third kappa shape index (κ3) is 8.90. The molecule has 0 aromatic carbocycles. The zero-order valence-corrected chi connectivity index (χ0v) is 13.3. The van der Waals surface area contributed by atoms with Crippen molar-refractivity contribution in [2.24, 2.45) is 17.6 Å². The molecule has 0 aliphatic heterocycles. The van der Waals surface area contributed by atoms with Crippen molar-refractivity contribution in [2.75, 3.05) is 13.2 Å². The molecule has 0 amide bonds. The molecule has 2 N–H and O–H groups in total. The highest BCUT2D eigenvalue weighted by Gasteiger charge is 2.17. The second-order valence-corrected chi connectivity index (χ2v) is 6.60. The Morgan fingerprint density at radius 1 is 1.00 bits per heavy atom. The molecular weight excluding hydrogens is 226 g/mol. The fourth-order valence-electron chi connectivity index (χ4n) is 1.41. The number of ether oxygens (including phenoxy) is 2. The van der Waals surface area contributed by atoms with Gasteiger partial charge in [-0.1, -0.05) is 13.8 Å². The van der Waals surface area contributed by atoms with Gasteiger partial charge in [-0.3, -0.25) is 0 Å². The molecule has 0 fully saturated rings. The standard InChI is InChI=1S/C15H33NO2/c1-11(8-9-18-15(5,6)7)14(4)17-10-12(2)13(3)16/h11-14H,8-10,16H2,1-7H3. The molecule has 0 radical (unpaired) electrons. The quantitative estimate of drug-likeness (QED) is 0.728. The molecule has 18 heavy (non-hydrogen) atoms. The van der Waals surface area contributed by atoms with Crippen molar-refractivity contribution in [2.45, 2.75) is 72.6 Å². The van der Waals surface area contributed by atoms with Crippen molar-refractivity contribution in [1.82, 2.24) is 0 Å². The van der Waals surface area contributed by atoms with E-state index in [9.17, 15) is 0 Å². The minimum Gasteiger partial charge on any atom is -0.378 e. The minimum atomic E-state index is -0.0483. The average molecular weight is 259 g/mol. The summed E-state index contributed by atoms with van der Waals surface area (Å²) in [5, 5.41) is 0. The summed E-state index contributed by atoms with van der Waals surface area (Å²) in [6.45, 7) is 16.3. The minimum absolute atomic E-state index is 0.0483. The molecule has 4 atom stereocenters. The van der Waals surface area contributed by atoms with E-state index in [0.717, 1.165) is 19.6 Å². The Kier molecular flexibility index (Phi) is 8.08. The molecule has 0 aliphatic rings. The fraction of sp³-hybridized carbons (Fsp3) is 1.00. The molecule has 4 unspecified atom stereocenters. The van der Waals surface area contributed by atoms with Crippen LogP contribution in [0.5, 0.6) is 0 Å². The van der Waals surface area contributed by atoms with Gasteiger partial charge in [-0.15, -0.1) is 0 Å². The molecule has 0 spiro atoms. The van der Waals surface area contributed by atoms with E-state index in [1.165, 1.54) is 0 Å². The molecule has 3 nitrogen and oxygen atoms in total. The van der Waals surface area contributed by atoms with Crippen molar-refractivity contribution in [3.8, 4) is 0 Å². The summed E-state index contributed by atoms with van der Waals surface area (Å²) in [5.41, 5.74) is 5.78. The summed E-state index contributed by atoms with van der Waals surface area (Å²) in [4.78, 5) is 0. The summed E-state index contributed by atoms with van der Waals surface area (Å²) in [6.07, 6.45) is 1.29. The van der Waals surface area contributed by atoms with Gasteiger partial charge in [0, 0.05) is 12.6 Å². The van der Waals surface area contributed by atoms with Gasteiger partial charge in [0.25, 0.3) is 0 Å². The van der Waals surface area contributed by atoms with Crippen LogP contribution in [0.25, 0.3) is 0 Å². The zero-order chi connectivity index (χ0) is 14.3. The van der Waals surface area contributed by atoms with Gasteiger partial charge in [-0.05, 0) is 52.9 Å². The Hall–Kier alpha value is -0.120. The van der Waals surface area contributed by atoms with E-state index in [1.54, 1.807) is 0 Å². The van der Waals surface area contributed by atoms with Crippen LogP contribution in [-0.2, 0) is 9.47 Å². The fourth-order valence-corrected chi connectivity index (χ4v) is 1.41. The van der Waals surface area contributed by atoms with Crippen LogP contribution in [0, 0.1) is 11.8 Å². The van der Waals surface area contributed by atoms with Crippen LogP contribution in [0.3, 0.4) is 0 Å². The largest absolute Gasteiger partial charge is 0.378 e. The van der Waals surface area contributed by atoms with Crippen LogP contribution >= 0.6 is 0 Å². The van der Waals surface area contributed by atoms with Gasteiger partial charge in [0.1, 0.15) is 0 Å². The summed E-state index contributed by atoms with van der Waals surface area (Å²) in [5.74, 6) is 0.915. The van der Waals surface area contributed by atoms with E-state index in [-0.39, 0.29) is 17.7 Å². The van der Waals surface area contributed by atoms with Gasteiger partial charge in [0.2, 0.25) is 0 Å². The highest BCUT2D eigenvalue weighted by molar-refractivity contribution is 4.67. The van der Waals surface area contributed by atoms with Crippen molar-refractivity contribution >= 4 is 0 Å². The monoisotopic (exact) mass is 259 g/mol. The molecule has 0 rings (SSSR count). The van der Waals surface area contributed by atoms with Gasteiger partial charge in [-0.2, -0.15) is 0 Å². The second kappa shape index (κ2) is 8.13. The topological polar surface area (TPSA) is 44.5 Å². The van der Waals surface area contributed by atoms with Crippen molar-refractivity contribution < 1.29 is 9.47 Å². The molecule has 0 aliphatic carbocycles. The summed E-state index contributed by atoms with van der Waals surface area (Å²) in [7, 11) is 0. The van der Waals surface area contributed by atoms with E-state index in [1.807, 2.05) is 6.92 Å². The lowest BCUT2D eigenvalue weighted by Crippen LogP contribution is -2.31. The summed E-state index contributed by atoms with van der Waals surface area (Å²) < 4.78 is 11.6. The van der Waals surface area contributed by atoms with Crippen LogP contribution in [0.15, 0.2) is 0 Å². The number of nitrogens with two attached hydrogens (primary N) is 1. The van der Waals surface area contributed by atoms with Crippen LogP contribution in [0.2, 0.25) is 0 Å². The third-order valence-corrected chi connectivity index (χ3v) is 3.43. The van der Waals surface area contributed by atoms with Gasteiger partial charge in [-0.25, -0.2) is 0 Å². The number of rotatable bonds is 8. The second-order valence-electron chi connectivity index (χ2n) is 6.60. The predicted molar refractivity (Wildman–Crippen MR) is 77.7 cm³/mol. The van der Waals surface area contributed by atoms with Crippen molar-refractivity contribution in [3.05, 3.63) is 0 Å². The number of hydrogen-bond donors (Lipinski definition) is 1. The van der Waals surface area contributed by atoms with E-state index in [2.05, 4.69) is 41.5 Å². The van der Waals surface area contributed by atoms with Gasteiger partial charge >= 0.3 is 0 Å². The first kappa shape index (κ1) is 17.9. The SMILES string of the molecule is CC(N)C(C)COC(C)C(C)CCOC(C)(C)C. The third-order valence-electron chi connectivity index (χ3n) is 3.43. The molecule has 0 aromatic rings. The maximum atomic E-state index is 5.87. The maximum absolute atomic E-state index is 5.87. The van der Waals surface area contributed by atoms with E-state index in [4.69, 9.17) is 15.2 Å². The summed E-state index contributed by atoms with van der Waals surface area (Å²) in [6, 6.07) is 0.191. The lowest BCUT2D eigenvalue weighted by Gasteiger charge is -2.25. The predicted octanol–water partition coefficient (Wildman–Crippen LogP) is 3.22. The average Bonchev–Trinajstić information content (AvgIpc) is 2.23. The molecular formula is C15H33NO2. The van der Waals surface area contributed by atoms with E-state index >= 15 is 0 Å². The normalized spacial score (nSPS) is 19.3. The molecule has 0 bridgehead atoms. The highest BCUT2D eigenvalue weighted by atomic mass is 16.5. The smallest absolute Gasteiger partial charge is 0.0598 e. The first-order valence-corrected chi connectivity index (χ1v) is 7.14. The Morgan fingerprint density at radius 3 is 2.00 bits per heavy atom. The molecule has 110 valence electrons. The molecule has 0 heterocycles. The molecule has 0 saturated carbocycles. The van der Waals surface area contributed by atoms with Gasteiger partial charge in [0.05, 0.1) is 18.3 Å². The van der Waals surface area contributed by atoms with Crippen LogP contribution in [0.1, 0.15) is 54.9 Å². The van der Waals surface area contributed by atoms with Crippen molar-refractivity contribution in [3.63, 3.8) is 0 Å². The molecule has 0 aromatic heterocycles. The first-order valence-electron chi connectivity index (χ1n) is 7.14. The lowest BCUT2D eigenvalue weighted by atomic mass is 10.0. The van der Waals surface area contributed by atoms with Gasteiger partial charge < -0.3 is 15.2 Å². The van der Waals surface area contributed by atoms with Crippen LogP contribution < -0.4 is 5.73 Å². The molecule has 3 heteroatoms. The zero-order valence-electron chi connectivity index (χ0n) is 13.3. The van der Waals surface area contributed by atoms with Gasteiger partial charge in [0.15, 0.2) is 0 Å². The van der Waals surface area contributed by atoms with Crippen LogP contribution in [-0.4, -0.2) is 31.0 Å². The molecule has 0 saturated heterocycles. The first-order chi connectivity index (χ1) is 8.13. The highest BCUT2D eigenvalue weighted by Crippen LogP contribution is 2.15. The Bertz CT molecular complexity index is 211. The van der Waals surface area contributed by atoms with E-state index in [0.29, 0.717) is 11.8 Å². The van der Waals surface area contributed by atoms with Crippen molar-refractivity contribution in [1.29, 1.82) is 0 Å². The Labute approximate surface area is 113 Å². The van der Waals surface area contributed by atoms with E-state index < -0.39 is 0 Å². The number of hydrogen-bond acceptors (Lipinski definition) is 3. The Balaban J connectivity index is 3.79. The lowest BCUT2D eigenvalue weighted by molar-refractivity contribution is -0.0315. The van der Waals surface area contributed by atoms with Crippen LogP contribution in [0.4, 0.5) is 0 Å². The maximum Gasteiger partial charge on any atom is 0.0598 e. The summed E-state index contributed by atoms with van der Waals surface area (Å²) >= 11 is 0. The Morgan fingerprint density at radius 2 is 1.56 bits per heavy atom.